The predicted molar refractivity (Wildman–Crippen MR) is 114 cm³/mol. The van der Waals surface area contributed by atoms with E-state index < -0.39 is 23.5 Å². The van der Waals surface area contributed by atoms with Gasteiger partial charge in [-0.15, -0.1) is 10.2 Å². The van der Waals surface area contributed by atoms with Crippen LogP contribution in [0.2, 0.25) is 0 Å². The number of Topliss-reactive ketones (excluding diaryl/α,β-unsaturated/α-hetero) is 1. The summed E-state index contributed by atoms with van der Waals surface area (Å²) in [7, 11) is 0. The van der Waals surface area contributed by atoms with E-state index in [4.69, 9.17) is 9.15 Å². The van der Waals surface area contributed by atoms with Crippen LogP contribution in [0.15, 0.2) is 64.8 Å². The second-order valence-corrected chi connectivity index (χ2v) is 8.02. The molecule has 1 aliphatic heterocycles. The molecule has 0 fully saturated rings. The number of aliphatic hydroxyl groups excluding tert-OH is 1. The van der Waals surface area contributed by atoms with E-state index in [1.807, 2.05) is 0 Å². The Bertz CT molecular complexity index is 1210. The molecule has 158 valence electrons. The fourth-order valence-electron chi connectivity index (χ4n) is 3.35. The minimum atomic E-state index is -0.926. The average Bonchev–Trinajstić information content (AvgIpc) is 3.45. The van der Waals surface area contributed by atoms with Gasteiger partial charge >= 0.3 is 0 Å². The highest BCUT2D eigenvalue weighted by Crippen LogP contribution is 2.43. The van der Waals surface area contributed by atoms with Gasteiger partial charge in [-0.1, -0.05) is 36.1 Å². The lowest BCUT2D eigenvalue weighted by molar-refractivity contribution is -0.117. The first-order valence-electron chi connectivity index (χ1n) is 9.42. The lowest BCUT2D eigenvalue weighted by Crippen LogP contribution is -2.31. The molecule has 3 aromatic rings. The molecule has 2 aromatic heterocycles. The Morgan fingerprint density at radius 3 is 2.77 bits per heavy atom. The van der Waals surface area contributed by atoms with Crippen LogP contribution in [-0.4, -0.2) is 33.6 Å². The second-order valence-electron chi connectivity index (χ2n) is 6.86. The number of aryl methyl sites for hydroxylation is 2. The molecule has 8 nitrogen and oxygen atoms in total. The number of hydrogen-bond donors (Lipinski definition) is 1. The van der Waals surface area contributed by atoms with Crippen LogP contribution in [0, 0.1) is 13.8 Å². The van der Waals surface area contributed by atoms with E-state index in [0.717, 1.165) is 0 Å². The molecule has 0 saturated heterocycles. The van der Waals surface area contributed by atoms with Gasteiger partial charge in [-0.2, -0.15) is 0 Å². The first-order valence-corrected chi connectivity index (χ1v) is 10.2. The van der Waals surface area contributed by atoms with Crippen molar-refractivity contribution in [2.45, 2.75) is 19.9 Å². The van der Waals surface area contributed by atoms with Crippen LogP contribution < -0.4 is 9.64 Å². The van der Waals surface area contributed by atoms with Crippen LogP contribution in [0.25, 0.3) is 0 Å². The number of carbonyl (C=O) groups excluding carboxylic acids is 2. The van der Waals surface area contributed by atoms with Crippen molar-refractivity contribution in [1.82, 2.24) is 10.2 Å². The van der Waals surface area contributed by atoms with Crippen molar-refractivity contribution >= 4 is 28.2 Å². The summed E-state index contributed by atoms with van der Waals surface area (Å²) in [5.41, 5.74) is 0.478. The smallest absolute Gasteiger partial charge is 0.296 e. The molecule has 3 heterocycles. The van der Waals surface area contributed by atoms with Crippen molar-refractivity contribution in [3.63, 3.8) is 0 Å². The first kappa shape index (κ1) is 20.5. The number of aliphatic hydroxyl groups is 1. The van der Waals surface area contributed by atoms with Crippen LogP contribution >= 0.6 is 11.3 Å². The number of furan rings is 1. The van der Waals surface area contributed by atoms with Gasteiger partial charge in [0.2, 0.25) is 10.9 Å². The summed E-state index contributed by atoms with van der Waals surface area (Å²) < 4.78 is 11.1. The van der Waals surface area contributed by atoms with Gasteiger partial charge in [0.1, 0.15) is 23.1 Å². The number of carbonyl (C=O) groups is 2. The largest absolute Gasteiger partial charge is 0.503 e. The van der Waals surface area contributed by atoms with Crippen LogP contribution in [-0.2, 0) is 4.79 Å². The summed E-state index contributed by atoms with van der Waals surface area (Å²) in [6.45, 7) is 7.39. The van der Waals surface area contributed by atoms with Crippen LogP contribution in [0.5, 0.6) is 5.75 Å². The van der Waals surface area contributed by atoms with Gasteiger partial charge in [0.05, 0.1) is 11.6 Å². The molecule has 1 N–H and O–H groups in total. The van der Waals surface area contributed by atoms with Gasteiger partial charge in [0, 0.05) is 0 Å². The fraction of sp³-hybridized carbons (Fsp3) is 0.182. The molecule has 0 radical (unpaired) electrons. The number of aromatic nitrogens is 2. The SMILES string of the molecule is C=CCOc1cccc([C@@H]2C(C(=O)c3ccc(C)o3)=C(O)C(=O)N2c2nnc(C)s2)c1. The number of hydrogen-bond acceptors (Lipinski definition) is 8. The van der Waals surface area contributed by atoms with Crippen LogP contribution in [0.1, 0.15) is 32.9 Å². The number of nitrogens with zero attached hydrogens (tertiary/aromatic N) is 3. The molecule has 31 heavy (non-hydrogen) atoms. The zero-order valence-electron chi connectivity index (χ0n) is 16.9. The zero-order valence-corrected chi connectivity index (χ0v) is 17.7. The minimum Gasteiger partial charge on any atom is -0.503 e. The average molecular weight is 437 g/mol. The second kappa shape index (κ2) is 8.19. The number of rotatable bonds is 7. The van der Waals surface area contributed by atoms with Gasteiger partial charge in [0.25, 0.3) is 5.91 Å². The van der Waals surface area contributed by atoms with E-state index >= 15 is 0 Å². The predicted octanol–water partition coefficient (Wildman–Crippen LogP) is 4.10. The molecule has 0 spiro atoms. The molecule has 1 aliphatic rings. The lowest BCUT2D eigenvalue weighted by atomic mass is 9.95. The van der Waals surface area contributed by atoms with Gasteiger partial charge in [-0.25, -0.2) is 0 Å². The standard InChI is InChI=1S/C22H19N3O5S/c1-4-10-29-15-7-5-6-14(11-15)18-17(19(26)16-9-8-12(2)30-16)20(27)21(28)25(18)22-24-23-13(3)31-22/h4-9,11,18,27H,1,10H2,2-3H3/t18-/m1/s1. The molecule has 4 rings (SSSR count). The molecular weight excluding hydrogens is 418 g/mol. The monoisotopic (exact) mass is 437 g/mol. The van der Waals surface area contributed by atoms with E-state index in [2.05, 4.69) is 16.8 Å². The van der Waals surface area contributed by atoms with Crippen molar-refractivity contribution in [2.75, 3.05) is 11.5 Å². The Kier molecular flexibility index (Phi) is 5.43. The minimum absolute atomic E-state index is 0.0335. The van der Waals surface area contributed by atoms with E-state index in [-0.39, 0.29) is 16.5 Å². The maximum absolute atomic E-state index is 13.3. The summed E-state index contributed by atoms with van der Waals surface area (Å²) in [6, 6.07) is 9.19. The molecule has 0 saturated carbocycles. The van der Waals surface area contributed by atoms with E-state index in [1.54, 1.807) is 50.3 Å². The molecule has 0 aliphatic carbocycles. The van der Waals surface area contributed by atoms with Crippen molar-refractivity contribution < 1.29 is 23.8 Å². The molecule has 1 atom stereocenters. The lowest BCUT2D eigenvalue weighted by Gasteiger charge is -2.24. The number of ketones is 1. The molecule has 0 bridgehead atoms. The highest BCUT2D eigenvalue weighted by molar-refractivity contribution is 7.15. The highest BCUT2D eigenvalue weighted by atomic mass is 32.1. The van der Waals surface area contributed by atoms with Crippen molar-refractivity contribution in [2.24, 2.45) is 0 Å². The molecule has 0 unspecified atom stereocenters. The van der Waals surface area contributed by atoms with Gasteiger partial charge in [0.15, 0.2) is 11.5 Å². The van der Waals surface area contributed by atoms with Gasteiger partial charge < -0.3 is 14.3 Å². The maximum Gasteiger partial charge on any atom is 0.296 e. The van der Waals surface area contributed by atoms with Crippen molar-refractivity contribution in [1.29, 1.82) is 0 Å². The molecule has 9 heteroatoms. The number of ether oxygens (including phenoxy) is 1. The third-order valence-electron chi connectivity index (χ3n) is 4.68. The third kappa shape index (κ3) is 3.75. The number of amides is 1. The maximum atomic E-state index is 13.3. The Balaban J connectivity index is 1.85. The quantitative estimate of drug-likeness (QED) is 0.438. The zero-order chi connectivity index (χ0) is 22.1. The summed E-state index contributed by atoms with van der Waals surface area (Å²) in [5.74, 6) is -0.846. The van der Waals surface area contributed by atoms with E-state index in [0.29, 0.717) is 28.7 Å². The van der Waals surface area contributed by atoms with Crippen LogP contribution in [0.4, 0.5) is 5.13 Å². The Hall–Kier alpha value is -3.72. The molecular formula is C22H19N3O5S. The molecule has 1 aromatic carbocycles. The van der Waals surface area contributed by atoms with E-state index in [1.165, 1.54) is 22.3 Å². The first-order chi connectivity index (χ1) is 14.9. The van der Waals surface area contributed by atoms with E-state index in [9.17, 15) is 14.7 Å². The third-order valence-corrected chi connectivity index (χ3v) is 5.52. The summed E-state index contributed by atoms with van der Waals surface area (Å²) in [6.07, 6.45) is 1.61. The van der Waals surface area contributed by atoms with Gasteiger partial charge in [-0.3, -0.25) is 14.5 Å². The number of benzene rings is 1. The Morgan fingerprint density at radius 1 is 1.32 bits per heavy atom. The topological polar surface area (TPSA) is 106 Å². The van der Waals surface area contributed by atoms with Gasteiger partial charge in [-0.05, 0) is 43.7 Å². The van der Waals surface area contributed by atoms with Crippen molar-refractivity contribution in [3.8, 4) is 5.75 Å². The normalized spacial score (nSPS) is 16.1. The summed E-state index contributed by atoms with van der Waals surface area (Å²) in [4.78, 5) is 27.6. The number of anilines is 1. The van der Waals surface area contributed by atoms with Crippen molar-refractivity contribution in [3.05, 3.63) is 82.5 Å². The Labute approximate surface area is 182 Å². The highest BCUT2D eigenvalue weighted by Gasteiger charge is 2.46. The summed E-state index contributed by atoms with van der Waals surface area (Å²) in [5, 5.41) is 19.7. The summed E-state index contributed by atoms with van der Waals surface area (Å²) >= 11 is 1.19. The Morgan fingerprint density at radius 2 is 2.13 bits per heavy atom. The van der Waals surface area contributed by atoms with Crippen LogP contribution in [0.3, 0.4) is 0 Å². The molecule has 1 amide bonds. The fourth-order valence-corrected chi connectivity index (χ4v) is 4.07.